The summed E-state index contributed by atoms with van der Waals surface area (Å²) in [5, 5.41) is 9.04. The van der Waals surface area contributed by atoms with Gasteiger partial charge in [0, 0.05) is 24.8 Å². The molecule has 0 saturated heterocycles. The number of nitrogens with zero attached hydrogens (tertiary/aromatic N) is 1. The fourth-order valence-electron chi connectivity index (χ4n) is 3.63. The van der Waals surface area contributed by atoms with E-state index in [0.717, 1.165) is 22.6 Å². The normalized spacial score (nSPS) is 11.8. The number of aromatic nitrogens is 1. The maximum absolute atomic E-state index is 12.4. The highest BCUT2D eigenvalue weighted by Gasteiger charge is 2.20. The van der Waals surface area contributed by atoms with E-state index in [1.165, 1.54) is 0 Å². The third-order valence-electron chi connectivity index (χ3n) is 5.42. The zero-order valence-corrected chi connectivity index (χ0v) is 19.0. The van der Waals surface area contributed by atoms with E-state index >= 15 is 0 Å². The van der Waals surface area contributed by atoms with Crippen LogP contribution in [0.25, 0.3) is 11.5 Å². The van der Waals surface area contributed by atoms with Gasteiger partial charge in [0.2, 0.25) is 5.89 Å². The fourth-order valence-corrected chi connectivity index (χ4v) is 3.63. The predicted molar refractivity (Wildman–Crippen MR) is 125 cm³/mol. The lowest BCUT2D eigenvalue weighted by atomic mass is 9.93. The molecule has 0 aliphatic carbocycles. The lowest BCUT2D eigenvalue weighted by Crippen LogP contribution is -2.23. The molecule has 1 aromatic heterocycles. The van der Waals surface area contributed by atoms with Gasteiger partial charge in [-0.3, -0.25) is 9.59 Å². The number of nitrogens with two attached hydrogens (primary N) is 1. The first kappa shape index (κ1) is 24.2. The second-order valence-electron chi connectivity index (χ2n) is 7.93. The molecule has 1 atom stereocenters. The van der Waals surface area contributed by atoms with Gasteiger partial charge in [0.1, 0.15) is 11.5 Å². The molecule has 0 amide bonds. The number of aliphatic carboxylic acids is 1. The van der Waals surface area contributed by atoms with E-state index in [1.54, 1.807) is 18.2 Å². The summed E-state index contributed by atoms with van der Waals surface area (Å²) in [5.74, 6) is 0.932. The van der Waals surface area contributed by atoms with E-state index in [0.29, 0.717) is 49.5 Å². The van der Waals surface area contributed by atoms with Crippen molar-refractivity contribution < 1.29 is 23.8 Å². The first-order valence-electron chi connectivity index (χ1n) is 11.2. The SMILES string of the molecule is CCCC(=O)C(N)c1cc(OCCc2nc(-c3ccccc3)oc2C)ccc1CCC(=O)O. The van der Waals surface area contributed by atoms with Crippen molar-refractivity contribution in [2.75, 3.05) is 6.61 Å². The highest BCUT2D eigenvalue weighted by Crippen LogP contribution is 2.26. The Bertz CT molecular complexity index is 1090. The second kappa shape index (κ2) is 11.4. The van der Waals surface area contributed by atoms with Gasteiger partial charge in [-0.2, -0.15) is 0 Å². The molecule has 33 heavy (non-hydrogen) atoms. The number of hydrogen-bond acceptors (Lipinski definition) is 6. The van der Waals surface area contributed by atoms with Crippen LogP contribution in [0.2, 0.25) is 0 Å². The zero-order chi connectivity index (χ0) is 23.8. The Morgan fingerprint density at radius 1 is 1.12 bits per heavy atom. The molecule has 0 aliphatic heterocycles. The maximum Gasteiger partial charge on any atom is 0.303 e. The molecule has 0 fully saturated rings. The third kappa shape index (κ3) is 6.52. The maximum atomic E-state index is 12.4. The molecule has 7 nitrogen and oxygen atoms in total. The molecule has 0 radical (unpaired) electrons. The first-order chi connectivity index (χ1) is 15.9. The number of carbonyl (C=O) groups is 2. The molecule has 0 aliphatic rings. The summed E-state index contributed by atoms with van der Waals surface area (Å²) < 4.78 is 11.7. The molecule has 1 unspecified atom stereocenters. The van der Waals surface area contributed by atoms with E-state index < -0.39 is 12.0 Å². The first-order valence-corrected chi connectivity index (χ1v) is 11.2. The molecular formula is C26H30N2O5. The molecule has 174 valence electrons. The number of carboxylic acid groups (broad SMARTS) is 1. The van der Waals surface area contributed by atoms with Crippen molar-refractivity contribution in [1.82, 2.24) is 4.98 Å². The quantitative estimate of drug-likeness (QED) is 0.412. The Labute approximate surface area is 193 Å². The van der Waals surface area contributed by atoms with Gasteiger partial charge in [-0.05, 0) is 55.2 Å². The molecule has 3 rings (SSSR count). The van der Waals surface area contributed by atoms with Gasteiger partial charge in [0.25, 0.3) is 0 Å². The largest absolute Gasteiger partial charge is 0.493 e. The van der Waals surface area contributed by atoms with E-state index in [1.807, 2.05) is 44.2 Å². The second-order valence-corrected chi connectivity index (χ2v) is 7.93. The van der Waals surface area contributed by atoms with Crippen LogP contribution in [0.5, 0.6) is 5.75 Å². The third-order valence-corrected chi connectivity index (χ3v) is 5.42. The Morgan fingerprint density at radius 2 is 1.88 bits per heavy atom. The number of benzene rings is 2. The number of aryl methyl sites for hydroxylation is 2. The summed E-state index contributed by atoms with van der Waals surface area (Å²) in [6.45, 7) is 4.17. The minimum Gasteiger partial charge on any atom is -0.493 e. The molecule has 0 saturated carbocycles. The molecule has 0 spiro atoms. The minimum atomic E-state index is -0.896. The predicted octanol–water partition coefficient (Wildman–Crippen LogP) is 4.66. The monoisotopic (exact) mass is 450 g/mol. The van der Waals surface area contributed by atoms with E-state index in [9.17, 15) is 9.59 Å². The topological polar surface area (TPSA) is 116 Å². The summed E-state index contributed by atoms with van der Waals surface area (Å²) >= 11 is 0. The van der Waals surface area contributed by atoms with Crippen molar-refractivity contribution in [3.8, 4) is 17.2 Å². The Kier molecular flexibility index (Phi) is 8.38. The summed E-state index contributed by atoms with van der Waals surface area (Å²) in [5.41, 5.74) is 9.33. The molecule has 3 aromatic rings. The van der Waals surface area contributed by atoms with Crippen molar-refractivity contribution in [2.45, 2.75) is 52.0 Å². The zero-order valence-electron chi connectivity index (χ0n) is 19.0. The van der Waals surface area contributed by atoms with Crippen LogP contribution < -0.4 is 10.5 Å². The number of ketones is 1. The van der Waals surface area contributed by atoms with Crippen LogP contribution >= 0.6 is 0 Å². The van der Waals surface area contributed by atoms with Crippen molar-refractivity contribution >= 4 is 11.8 Å². The number of oxazole rings is 1. The number of carbonyl (C=O) groups excluding carboxylic acids is 1. The van der Waals surface area contributed by atoms with Crippen LogP contribution in [-0.2, 0) is 22.4 Å². The Morgan fingerprint density at radius 3 is 2.58 bits per heavy atom. The average molecular weight is 451 g/mol. The molecular weight excluding hydrogens is 420 g/mol. The summed E-state index contributed by atoms with van der Waals surface area (Å²) in [6, 6.07) is 14.2. The van der Waals surface area contributed by atoms with Crippen LogP contribution in [0, 0.1) is 6.92 Å². The average Bonchev–Trinajstić information content (AvgIpc) is 3.18. The van der Waals surface area contributed by atoms with E-state index in [4.69, 9.17) is 20.0 Å². The molecule has 3 N–H and O–H groups in total. The number of rotatable bonds is 12. The van der Waals surface area contributed by atoms with Gasteiger partial charge in [-0.1, -0.05) is 31.2 Å². The van der Waals surface area contributed by atoms with Crippen LogP contribution in [-0.4, -0.2) is 28.4 Å². The lowest BCUT2D eigenvalue weighted by Gasteiger charge is -2.17. The van der Waals surface area contributed by atoms with Gasteiger partial charge in [-0.15, -0.1) is 0 Å². The van der Waals surface area contributed by atoms with Gasteiger partial charge < -0.3 is 20.0 Å². The highest BCUT2D eigenvalue weighted by atomic mass is 16.5. The van der Waals surface area contributed by atoms with Gasteiger partial charge in [0.05, 0.1) is 18.3 Å². The number of hydrogen-bond donors (Lipinski definition) is 2. The van der Waals surface area contributed by atoms with Crippen LogP contribution in [0.4, 0.5) is 0 Å². The minimum absolute atomic E-state index is 0.0307. The highest BCUT2D eigenvalue weighted by molar-refractivity contribution is 5.85. The van der Waals surface area contributed by atoms with E-state index in [-0.39, 0.29) is 12.2 Å². The Balaban J connectivity index is 1.70. The summed E-state index contributed by atoms with van der Waals surface area (Å²) in [7, 11) is 0. The molecule has 2 aromatic carbocycles. The molecule has 7 heteroatoms. The fraction of sp³-hybridized carbons (Fsp3) is 0.346. The molecule has 0 bridgehead atoms. The van der Waals surface area contributed by atoms with Crippen molar-refractivity contribution in [3.63, 3.8) is 0 Å². The number of Topliss-reactive ketones (excluding diaryl/α,β-unsaturated/α-hetero) is 1. The standard InChI is InChI=1S/C26H30N2O5/c1-3-7-23(29)25(27)21-16-20(12-10-18(21)11-13-24(30)31)32-15-14-22-17(2)33-26(28-22)19-8-5-4-6-9-19/h4-6,8-10,12,16,25H,3,7,11,13-15,27H2,1-2H3,(H,30,31). The number of carboxylic acids is 1. The Hall–Kier alpha value is -3.45. The van der Waals surface area contributed by atoms with Gasteiger partial charge in [0.15, 0.2) is 5.78 Å². The van der Waals surface area contributed by atoms with E-state index in [2.05, 4.69) is 4.98 Å². The van der Waals surface area contributed by atoms with Crippen LogP contribution in [0.1, 0.15) is 54.8 Å². The molecule has 1 heterocycles. The summed E-state index contributed by atoms with van der Waals surface area (Å²) in [6.07, 6.45) is 1.91. The van der Waals surface area contributed by atoms with Crippen LogP contribution in [0.15, 0.2) is 52.9 Å². The summed E-state index contributed by atoms with van der Waals surface area (Å²) in [4.78, 5) is 28.0. The van der Waals surface area contributed by atoms with Gasteiger partial charge >= 0.3 is 5.97 Å². The smallest absolute Gasteiger partial charge is 0.303 e. The van der Waals surface area contributed by atoms with Crippen molar-refractivity contribution in [2.24, 2.45) is 5.73 Å². The van der Waals surface area contributed by atoms with Gasteiger partial charge in [-0.25, -0.2) is 4.98 Å². The lowest BCUT2D eigenvalue weighted by molar-refractivity contribution is -0.137. The number of ether oxygens (including phenoxy) is 1. The van der Waals surface area contributed by atoms with Crippen LogP contribution in [0.3, 0.4) is 0 Å². The van der Waals surface area contributed by atoms with Crippen molar-refractivity contribution in [1.29, 1.82) is 0 Å². The van der Waals surface area contributed by atoms with Crippen molar-refractivity contribution in [3.05, 3.63) is 71.1 Å².